The van der Waals surface area contributed by atoms with Crippen LogP contribution in [0.3, 0.4) is 0 Å². The van der Waals surface area contributed by atoms with Gasteiger partial charge in [-0.3, -0.25) is 4.79 Å². The van der Waals surface area contributed by atoms with Crippen LogP contribution in [0.15, 0.2) is 52.9 Å². The highest BCUT2D eigenvalue weighted by molar-refractivity contribution is 6.10. The molecule has 0 amide bonds. The van der Waals surface area contributed by atoms with Gasteiger partial charge in [0.25, 0.3) is 0 Å². The molecule has 1 aromatic heterocycles. The number of aliphatic hydroxyl groups is 2. The molecule has 3 atom stereocenters. The third-order valence-electron chi connectivity index (χ3n) is 6.06. The molecular weight excluding hydrogens is 473 g/mol. The van der Waals surface area contributed by atoms with Crippen LogP contribution in [-0.4, -0.2) is 74.4 Å². The number of aliphatic carboxylic acids is 2. The minimum absolute atomic E-state index is 0.181. The van der Waals surface area contributed by atoms with Crippen LogP contribution in [0.1, 0.15) is 41.4 Å². The Balaban J connectivity index is 0.000000308. The molecule has 192 valence electrons. The van der Waals surface area contributed by atoms with Crippen molar-refractivity contribution in [3.05, 3.63) is 71.2 Å². The summed E-state index contributed by atoms with van der Waals surface area (Å²) >= 11 is 0. The lowest BCUT2D eigenvalue weighted by Gasteiger charge is -2.19. The standard InChI is InChI=1S/C22H22FNO2.C4H6O6/c1-15-4-3-10-24(15)11-9-20-14-18-12-17(7-8-21(18)26-20)22(25)16-5-2-6-19(23)13-16;5-1(3(7)8)2(6)4(9)10/h2,5-8,12-15H,3-4,9-11H2,1H3;1-2,5-6H,(H,7,8)(H,9,10)/t15-;1-,2-/m11/s1. The smallest absolute Gasteiger partial charge is 0.335 e. The fraction of sp³-hybridized carbons (Fsp3) is 0.346. The highest BCUT2D eigenvalue weighted by Crippen LogP contribution is 2.24. The van der Waals surface area contributed by atoms with Gasteiger partial charge in [-0.25, -0.2) is 14.0 Å². The fourth-order valence-electron chi connectivity index (χ4n) is 4.01. The van der Waals surface area contributed by atoms with Gasteiger partial charge in [0, 0.05) is 35.5 Å². The first kappa shape index (κ1) is 27.0. The summed E-state index contributed by atoms with van der Waals surface area (Å²) in [6.45, 7) is 4.43. The number of carboxylic acid groups (broad SMARTS) is 2. The molecular formula is C26H28FNO8. The summed E-state index contributed by atoms with van der Waals surface area (Å²) in [5, 5.41) is 33.4. The van der Waals surface area contributed by atoms with E-state index in [4.69, 9.17) is 24.8 Å². The van der Waals surface area contributed by atoms with Crippen LogP contribution >= 0.6 is 0 Å². The summed E-state index contributed by atoms with van der Waals surface area (Å²) in [7, 11) is 0. The number of rotatable bonds is 8. The molecule has 0 bridgehead atoms. The van der Waals surface area contributed by atoms with Crippen molar-refractivity contribution in [2.75, 3.05) is 13.1 Å². The van der Waals surface area contributed by atoms with E-state index in [1.807, 2.05) is 18.2 Å². The van der Waals surface area contributed by atoms with Crippen molar-refractivity contribution in [1.29, 1.82) is 0 Å². The lowest BCUT2D eigenvalue weighted by molar-refractivity contribution is -0.165. The second-order valence-electron chi connectivity index (χ2n) is 8.65. The van der Waals surface area contributed by atoms with Crippen LogP contribution in [0.2, 0.25) is 0 Å². The number of hydrogen-bond acceptors (Lipinski definition) is 7. The van der Waals surface area contributed by atoms with E-state index in [0.717, 1.165) is 36.2 Å². The van der Waals surface area contributed by atoms with Gasteiger partial charge in [0.15, 0.2) is 18.0 Å². The zero-order chi connectivity index (χ0) is 26.4. The fourth-order valence-corrected chi connectivity index (χ4v) is 4.01. The topological polar surface area (TPSA) is 149 Å². The molecule has 2 heterocycles. The molecule has 0 aliphatic carbocycles. The van der Waals surface area contributed by atoms with Crippen LogP contribution < -0.4 is 0 Å². The Labute approximate surface area is 206 Å². The van der Waals surface area contributed by atoms with Crippen LogP contribution in [0, 0.1) is 5.82 Å². The second-order valence-corrected chi connectivity index (χ2v) is 8.65. The molecule has 2 aromatic carbocycles. The SMILES string of the molecule is C[C@@H]1CCCN1CCc1cc2cc(C(=O)c3cccc(F)c3)ccc2o1.O=C(O)[C@H](O)[C@@H](O)C(=O)O. The van der Waals surface area contributed by atoms with Crippen LogP contribution in [0.4, 0.5) is 4.39 Å². The van der Waals surface area contributed by atoms with E-state index in [0.29, 0.717) is 17.2 Å². The maximum atomic E-state index is 13.4. The third-order valence-corrected chi connectivity index (χ3v) is 6.06. The number of nitrogens with zero attached hydrogens (tertiary/aromatic N) is 1. The van der Waals surface area contributed by atoms with E-state index in [1.165, 1.54) is 25.0 Å². The number of halogens is 1. The molecule has 0 radical (unpaired) electrons. The first-order valence-electron chi connectivity index (χ1n) is 11.5. The van der Waals surface area contributed by atoms with Crippen molar-refractivity contribution < 1.29 is 43.6 Å². The maximum absolute atomic E-state index is 13.4. The van der Waals surface area contributed by atoms with E-state index in [-0.39, 0.29) is 5.78 Å². The number of benzene rings is 2. The van der Waals surface area contributed by atoms with Crippen molar-refractivity contribution in [3.63, 3.8) is 0 Å². The van der Waals surface area contributed by atoms with Gasteiger partial charge in [-0.2, -0.15) is 0 Å². The molecule has 36 heavy (non-hydrogen) atoms. The summed E-state index contributed by atoms with van der Waals surface area (Å²) in [5.74, 6) is -3.18. The second kappa shape index (κ2) is 11.9. The van der Waals surface area contributed by atoms with Gasteiger partial charge in [-0.1, -0.05) is 12.1 Å². The number of aliphatic hydroxyl groups excluding tert-OH is 2. The predicted octanol–water partition coefficient (Wildman–Crippen LogP) is 2.71. The van der Waals surface area contributed by atoms with E-state index in [2.05, 4.69) is 11.8 Å². The Morgan fingerprint density at radius 3 is 2.28 bits per heavy atom. The average molecular weight is 502 g/mol. The number of hydrogen-bond donors (Lipinski definition) is 4. The molecule has 3 aromatic rings. The quantitative estimate of drug-likeness (QED) is 0.342. The monoisotopic (exact) mass is 501 g/mol. The van der Waals surface area contributed by atoms with E-state index >= 15 is 0 Å². The molecule has 4 N–H and O–H groups in total. The van der Waals surface area contributed by atoms with Crippen LogP contribution in [-0.2, 0) is 16.0 Å². The highest BCUT2D eigenvalue weighted by atomic mass is 19.1. The van der Waals surface area contributed by atoms with Crippen molar-refractivity contribution in [1.82, 2.24) is 4.90 Å². The van der Waals surface area contributed by atoms with Crippen molar-refractivity contribution in [2.24, 2.45) is 0 Å². The van der Waals surface area contributed by atoms with Gasteiger partial charge in [0.2, 0.25) is 0 Å². The lowest BCUT2D eigenvalue weighted by atomic mass is 10.0. The first-order chi connectivity index (χ1) is 17.1. The molecule has 10 heteroatoms. The minimum atomic E-state index is -2.27. The largest absolute Gasteiger partial charge is 0.479 e. The van der Waals surface area contributed by atoms with Gasteiger partial charge >= 0.3 is 11.9 Å². The number of ketones is 1. The average Bonchev–Trinajstić information content (AvgIpc) is 3.46. The Bertz CT molecular complexity index is 1220. The number of carboxylic acids is 2. The Kier molecular flexibility index (Phi) is 8.92. The molecule has 0 unspecified atom stereocenters. The zero-order valence-corrected chi connectivity index (χ0v) is 19.6. The van der Waals surface area contributed by atoms with Crippen LogP contribution in [0.25, 0.3) is 11.0 Å². The summed E-state index contributed by atoms with van der Waals surface area (Å²) in [6.07, 6.45) is -1.12. The van der Waals surface area contributed by atoms with Crippen LogP contribution in [0.5, 0.6) is 0 Å². The van der Waals surface area contributed by atoms with Gasteiger partial charge in [0.05, 0.1) is 0 Å². The summed E-state index contributed by atoms with van der Waals surface area (Å²) < 4.78 is 19.3. The van der Waals surface area contributed by atoms with Crippen molar-refractivity contribution in [3.8, 4) is 0 Å². The molecule has 1 aliphatic rings. The maximum Gasteiger partial charge on any atom is 0.335 e. The predicted molar refractivity (Wildman–Crippen MR) is 127 cm³/mol. The molecule has 1 fully saturated rings. The van der Waals surface area contributed by atoms with Gasteiger partial charge in [0.1, 0.15) is 17.2 Å². The highest BCUT2D eigenvalue weighted by Gasteiger charge is 2.29. The third kappa shape index (κ3) is 6.75. The number of carbonyl (C=O) groups is 3. The van der Waals surface area contributed by atoms with Gasteiger partial charge in [-0.15, -0.1) is 0 Å². The molecule has 1 saturated heterocycles. The molecule has 0 saturated carbocycles. The van der Waals surface area contributed by atoms with Crippen molar-refractivity contribution >= 4 is 28.7 Å². The van der Waals surface area contributed by atoms with Gasteiger partial charge < -0.3 is 29.7 Å². The zero-order valence-electron chi connectivity index (χ0n) is 19.6. The molecule has 4 rings (SSSR count). The molecule has 1 aliphatic heterocycles. The van der Waals surface area contributed by atoms with E-state index in [1.54, 1.807) is 18.2 Å². The summed E-state index contributed by atoms with van der Waals surface area (Å²) in [4.78, 5) is 34.6. The Morgan fingerprint density at radius 1 is 1.03 bits per heavy atom. The Hall–Kier alpha value is -3.60. The minimum Gasteiger partial charge on any atom is -0.479 e. The number of carbonyl (C=O) groups excluding carboxylic acids is 1. The number of fused-ring (bicyclic) bond motifs is 1. The first-order valence-corrected chi connectivity index (χ1v) is 11.5. The Morgan fingerprint density at radius 2 is 1.69 bits per heavy atom. The number of furan rings is 1. The van der Waals surface area contributed by atoms with Crippen molar-refractivity contribution in [2.45, 2.75) is 44.4 Å². The molecule has 9 nitrogen and oxygen atoms in total. The summed E-state index contributed by atoms with van der Waals surface area (Å²) in [5.41, 5.74) is 1.69. The molecule has 0 spiro atoms. The number of likely N-dealkylation sites (tertiary alicyclic amines) is 1. The summed E-state index contributed by atoms with van der Waals surface area (Å²) in [6, 6.07) is 13.8. The normalized spacial score (nSPS) is 17.3. The lowest BCUT2D eigenvalue weighted by Crippen LogP contribution is -2.39. The van der Waals surface area contributed by atoms with E-state index < -0.39 is 30.0 Å². The van der Waals surface area contributed by atoms with Gasteiger partial charge in [-0.05, 0) is 62.7 Å². The van der Waals surface area contributed by atoms with E-state index in [9.17, 15) is 18.8 Å².